The first-order valence-electron chi connectivity index (χ1n) is 10.4. The van der Waals surface area contributed by atoms with Crippen LogP contribution in [0, 0.1) is 6.92 Å². The molecule has 1 atom stereocenters. The second-order valence-corrected chi connectivity index (χ2v) is 20.3. The molecule has 3 rings (SSSR count). The van der Waals surface area contributed by atoms with E-state index in [1.165, 1.54) is 32.8 Å². The van der Waals surface area contributed by atoms with Gasteiger partial charge in [0, 0.05) is 5.54 Å². The van der Waals surface area contributed by atoms with Crippen molar-refractivity contribution in [3.05, 3.63) is 59.2 Å². The summed E-state index contributed by atoms with van der Waals surface area (Å²) >= 11 is 0. The van der Waals surface area contributed by atoms with E-state index >= 15 is 0 Å². The molecule has 0 aromatic heterocycles. The van der Waals surface area contributed by atoms with Crippen molar-refractivity contribution in [1.29, 1.82) is 0 Å². The summed E-state index contributed by atoms with van der Waals surface area (Å²) in [7, 11) is -1.70. The van der Waals surface area contributed by atoms with Crippen LogP contribution in [0.4, 0.5) is 0 Å². The Bertz CT molecular complexity index is 917. The summed E-state index contributed by atoms with van der Waals surface area (Å²) in [5.41, 5.74) is 4.72. The van der Waals surface area contributed by atoms with Gasteiger partial charge in [-0.15, -0.1) is 0 Å². The van der Waals surface area contributed by atoms with Gasteiger partial charge in [0.2, 0.25) is 0 Å². The minimum Gasteiger partial charge on any atom is -0.497 e. The third-order valence-electron chi connectivity index (χ3n) is 7.26. The fourth-order valence-electron chi connectivity index (χ4n) is 4.39. The molecule has 3 heteroatoms. The highest BCUT2D eigenvalue weighted by Crippen LogP contribution is 2.40. The van der Waals surface area contributed by atoms with Crippen LogP contribution >= 0.6 is 0 Å². The number of methoxy groups -OCH3 is 1. The number of benzene rings is 2. The predicted molar refractivity (Wildman–Crippen MR) is 130 cm³/mol. The van der Waals surface area contributed by atoms with Crippen LogP contribution in [0.5, 0.6) is 5.75 Å². The first kappa shape index (κ1) is 21.1. The molecule has 1 nitrogen and oxygen atoms in total. The Morgan fingerprint density at radius 1 is 0.929 bits per heavy atom. The van der Waals surface area contributed by atoms with Crippen LogP contribution < -0.4 is 15.1 Å². The normalized spacial score (nSPS) is 17.0. The first-order valence-corrected chi connectivity index (χ1v) is 16.5. The summed E-state index contributed by atoms with van der Waals surface area (Å²) in [4.78, 5) is 0. The molecular formula is C25H36OSi2. The number of ether oxygens (including phenoxy) is 1. The Hall–Kier alpha value is -1.59. The van der Waals surface area contributed by atoms with E-state index in [1.807, 2.05) is 7.11 Å². The molecule has 1 aliphatic rings. The zero-order chi connectivity index (χ0) is 20.9. The number of rotatable bonds is 4. The van der Waals surface area contributed by atoms with Gasteiger partial charge in [0.15, 0.2) is 0 Å². The standard InChI is InChI=1S/C25H36OSi2/c1-18-16-22(24(26-5)23(17-18)28(8,9)25(2,3)4)27(6,7)21-15-14-19-12-10-11-13-20(19)21/h10-17,21H,1-9H3. The molecule has 1 unspecified atom stereocenters. The van der Waals surface area contributed by atoms with E-state index in [4.69, 9.17) is 4.74 Å². The van der Waals surface area contributed by atoms with E-state index in [0.29, 0.717) is 5.54 Å². The van der Waals surface area contributed by atoms with E-state index in [-0.39, 0.29) is 5.04 Å². The summed E-state index contributed by atoms with van der Waals surface area (Å²) in [6.45, 7) is 19.4. The van der Waals surface area contributed by atoms with Gasteiger partial charge in [-0.3, -0.25) is 0 Å². The number of hydrogen-bond donors (Lipinski definition) is 0. The smallest absolute Gasteiger partial charge is 0.117 e. The molecule has 150 valence electrons. The molecule has 0 heterocycles. The van der Waals surface area contributed by atoms with Crippen LogP contribution in [-0.4, -0.2) is 23.3 Å². The second-order valence-electron chi connectivity index (χ2n) is 10.5. The fourth-order valence-corrected chi connectivity index (χ4v) is 10.1. The summed E-state index contributed by atoms with van der Waals surface area (Å²) in [5.74, 6) is 1.17. The maximum Gasteiger partial charge on any atom is 0.117 e. The van der Waals surface area contributed by atoms with Gasteiger partial charge in [0.25, 0.3) is 0 Å². The number of fused-ring (bicyclic) bond motifs is 1. The largest absolute Gasteiger partial charge is 0.497 e. The van der Waals surface area contributed by atoms with Crippen molar-refractivity contribution >= 4 is 32.6 Å². The highest BCUT2D eigenvalue weighted by Gasteiger charge is 2.43. The van der Waals surface area contributed by atoms with Gasteiger partial charge < -0.3 is 4.74 Å². The second kappa shape index (κ2) is 7.03. The molecule has 0 saturated carbocycles. The van der Waals surface area contributed by atoms with Crippen molar-refractivity contribution in [1.82, 2.24) is 0 Å². The number of allylic oxidation sites excluding steroid dienone is 1. The van der Waals surface area contributed by atoms with E-state index < -0.39 is 16.1 Å². The Labute approximate surface area is 173 Å². The van der Waals surface area contributed by atoms with Crippen molar-refractivity contribution in [2.24, 2.45) is 0 Å². The first-order chi connectivity index (χ1) is 12.9. The van der Waals surface area contributed by atoms with Crippen molar-refractivity contribution in [3.8, 4) is 5.75 Å². The molecule has 28 heavy (non-hydrogen) atoms. The lowest BCUT2D eigenvalue weighted by Crippen LogP contribution is -2.55. The SMILES string of the molecule is COc1c([Si](C)(C)C2C=Cc3ccccc32)cc(C)cc1[Si](C)(C)C(C)(C)C. The molecule has 0 fully saturated rings. The molecular weight excluding hydrogens is 372 g/mol. The lowest BCUT2D eigenvalue weighted by Gasteiger charge is -2.40. The van der Waals surface area contributed by atoms with Crippen LogP contribution in [0.1, 0.15) is 43.0 Å². The van der Waals surface area contributed by atoms with Crippen LogP contribution in [0.25, 0.3) is 6.08 Å². The van der Waals surface area contributed by atoms with Gasteiger partial charge in [-0.2, -0.15) is 0 Å². The van der Waals surface area contributed by atoms with Crippen molar-refractivity contribution in [2.75, 3.05) is 7.11 Å². The average molecular weight is 409 g/mol. The van der Waals surface area contributed by atoms with Crippen LogP contribution in [-0.2, 0) is 0 Å². The minimum atomic E-state index is -1.85. The highest BCUT2D eigenvalue weighted by atomic mass is 28.3. The van der Waals surface area contributed by atoms with Gasteiger partial charge in [0.05, 0.1) is 23.3 Å². The van der Waals surface area contributed by atoms with E-state index in [9.17, 15) is 0 Å². The van der Waals surface area contributed by atoms with E-state index in [2.05, 4.69) is 102 Å². The summed E-state index contributed by atoms with van der Waals surface area (Å²) < 4.78 is 6.19. The quantitative estimate of drug-likeness (QED) is 0.565. The Morgan fingerprint density at radius 2 is 1.54 bits per heavy atom. The Balaban J connectivity index is 2.21. The molecule has 0 amide bonds. The van der Waals surface area contributed by atoms with E-state index in [1.54, 1.807) is 0 Å². The number of aryl methyl sites for hydroxylation is 1. The average Bonchev–Trinajstić information content (AvgIpc) is 3.04. The molecule has 0 spiro atoms. The van der Waals surface area contributed by atoms with Crippen molar-refractivity contribution in [3.63, 3.8) is 0 Å². The molecule has 1 aliphatic carbocycles. The maximum atomic E-state index is 6.19. The van der Waals surface area contributed by atoms with Crippen molar-refractivity contribution in [2.45, 2.75) is 64.5 Å². The monoisotopic (exact) mass is 408 g/mol. The highest BCUT2D eigenvalue weighted by molar-refractivity contribution is 6.95. The molecule has 0 bridgehead atoms. The fraction of sp³-hybridized carbons (Fsp3) is 0.440. The molecule has 0 aliphatic heterocycles. The molecule has 0 saturated heterocycles. The van der Waals surface area contributed by atoms with Gasteiger partial charge >= 0.3 is 0 Å². The predicted octanol–water partition coefficient (Wildman–Crippen LogP) is 5.98. The summed E-state index contributed by atoms with van der Waals surface area (Å²) in [5, 5.41) is 3.23. The molecule has 2 aromatic carbocycles. The third-order valence-corrected chi connectivity index (χ3v) is 16.5. The Kier molecular flexibility index (Phi) is 5.31. The van der Waals surface area contributed by atoms with Crippen LogP contribution in [0.15, 0.2) is 42.5 Å². The zero-order valence-corrected chi connectivity index (χ0v) is 21.1. The van der Waals surface area contributed by atoms with Gasteiger partial charge in [-0.25, -0.2) is 0 Å². The Morgan fingerprint density at radius 3 is 2.14 bits per heavy atom. The molecule has 2 aromatic rings. The maximum absolute atomic E-state index is 6.19. The summed E-state index contributed by atoms with van der Waals surface area (Å²) in [6, 6.07) is 13.7. The molecule has 0 N–H and O–H groups in total. The minimum absolute atomic E-state index is 0.275. The van der Waals surface area contributed by atoms with Gasteiger partial charge in [0.1, 0.15) is 5.75 Å². The van der Waals surface area contributed by atoms with Gasteiger partial charge in [-0.1, -0.05) is 101 Å². The van der Waals surface area contributed by atoms with Crippen LogP contribution in [0.3, 0.4) is 0 Å². The lowest BCUT2D eigenvalue weighted by atomic mass is 10.1. The van der Waals surface area contributed by atoms with Gasteiger partial charge in [-0.05, 0) is 33.5 Å². The number of hydrogen-bond acceptors (Lipinski definition) is 1. The lowest BCUT2D eigenvalue weighted by molar-refractivity contribution is 0.420. The zero-order valence-electron chi connectivity index (χ0n) is 19.1. The van der Waals surface area contributed by atoms with Crippen LogP contribution in [0.2, 0.25) is 31.2 Å². The van der Waals surface area contributed by atoms with Crippen molar-refractivity contribution < 1.29 is 4.74 Å². The van der Waals surface area contributed by atoms with E-state index in [0.717, 1.165) is 0 Å². The summed E-state index contributed by atoms with van der Waals surface area (Å²) in [6.07, 6.45) is 4.75. The third kappa shape index (κ3) is 3.33. The topological polar surface area (TPSA) is 9.23 Å². The molecule has 0 radical (unpaired) electrons.